The standard InChI is InChI=1S/C25H41N3O5/c1-10-28(22(31)19(14-16(2)3)26-23(32)33-25(7,8)9)20(21(30)27-24(4,5)6)17-12-11-13-18(29)15-17/h11-13,15-16,19-20,29H,10,14H2,1-9H3,(H,26,32)(H,27,30). The van der Waals surface area contributed by atoms with Gasteiger partial charge in [-0.05, 0) is 78.5 Å². The molecule has 186 valence electrons. The Hall–Kier alpha value is -2.77. The van der Waals surface area contributed by atoms with E-state index in [-0.39, 0.29) is 24.1 Å². The molecule has 0 aromatic heterocycles. The highest BCUT2D eigenvalue weighted by atomic mass is 16.6. The zero-order valence-electron chi connectivity index (χ0n) is 21.5. The smallest absolute Gasteiger partial charge is 0.408 e. The Morgan fingerprint density at radius 2 is 1.70 bits per heavy atom. The van der Waals surface area contributed by atoms with Gasteiger partial charge in [0.05, 0.1) is 0 Å². The number of hydrogen-bond acceptors (Lipinski definition) is 5. The first-order valence-corrected chi connectivity index (χ1v) is 11.4. The van der Waals surface area contributed by atoms with Crippen molar-refractivity contribution in [2.24, 2.45) is 5.92 Å². The summed E-state index contributed by atoms with van der Waals surface area (Å²) in [5.74, 6) is -0.663. The number of nitrogens with one attached hydrogen (secondary N) is 2. The second-order valence-electron chi connectivity index (χ2n) is 10.7. The Balaban J connectivity index is 3.38. The summed E-state index contributed by atoms with van der Waals surface area (Å²) in [6, 6.07) is 4.45. The summed E-state index contributed by atoms with van der Waals surface area (Å²) in [6.45, 7) is 16.7. The molecule has 2 atom stereocenters. The molecule has 0 spiro atoms. The average molecular weight is 464 g/mol. The van der Waals surface area contributed by atoms with Gasteiger partial charge < -0.3 is 25.4 Å². The van der Waals surface area contributed by atoms with E-state index >= 15 is 0 Å². The molecule has 0 aliphatic heterocycles. The van der Waals surface area contributed by atoms with E-state index in [1.165, 1.54) is 17.0 Å². The Morgan fingerprint density at radius 1 is 1.09 bits per heavy atom. The Bertz CT molecular complexity index is 824. The topological polar surface area (TPSA) is 108 Å². The van der Waals surface area contributed by atoms with Crippen LogP contribution in [-0.4, -0.2) is 51.6 Å². The van der Waals surface area contributed by atoms with Gasteiger partial charge in [-0.3, -0.25) is 9.59 Å². The van der Waals surface area contributed by atoms with Crippen molar-refractivity contribution in [3.8, 4) is 5.75 Å². The Kier molecular flexibility index (Phi) is 9.75. The summed E-state index contributed by atoms with van der Waals surface area (Å²) in [6.07, 6.45) is -0.312. The van der Waals surface area contributed by atoms with Crippen LogP contribution < -0.4 is 10.6 Å². The van der Waals surface area contributed by atoms with Gasteiger partial charge in [-0.2, -0.15) is 0 Å². The number of benzene rings is 1. The van der Waals surface area contributed by atoms with Crippen LogP contribution in [-0.2, 0) is 14.3 Å². The van der Waals surface area contributed by atoms with E-state index in [0.717, 1.165) is 0 Å². The van der Waals surface area contributed by atoms with Gasteiger partial charge in [0.15, 0.2) is 0 Å². The number of phenols is 1. The number of carbonyl (C=O) groups excluding carboxylic acids is 3. The lowest BCUT2D eigenvalue weighted by Gasteiger charge is -2.35. The molecule has 0 radical (unpaired) electrons. The third-order valence-electron chi connectivity index (χ3n) is 4.56. The highest BCUT2D eigenvalue weighted by molar-refractivity contribution is 5.92. The molecule has 8 nitrogen and oxygen atoms in total. The Morgan fingerprint density at radius 3 is 2.15 bits per heavy atom. The lowest BCUT2D eigenvalue weighted by molar-refractivity contribution is -0.143. The first-order valence-electron chi connectivity index (χ1n) is 11.4. The molecule has 3 amide bonds. The second kappa shape index (κ2) is 11.4. The number of likely N-dealkylation sites (N-methyl/N-ethyl adjacent to an activating group) is 1. The van der Waals surface area contributed by atoms with Crippen molar-refractivity contribution in [1.29, 1.82) is 0 Å². The highest BCUT2D eigenvalue weighted by Gasteiger charge is 2.36. The van der Waals surface area contributed by atoms with Gasteiger partial charge in [-0.15, -0.1) is 0 Å². The van der Waals surface area contributed by atoms with Crippen molar-refractivity contribution in [2.45, 2.75) is 92.0 Å². The molecule has 1 aromatic rings. The van der Waals surface area contributed by atoms with Crippen LogP contribution in [0.2, 0.25) is 0 Å². The monoisotopic (exact) mass is 463 g/mol. The molecule has 2 unspecified atom stereocenters. The average Bonchev–Trinajstić information content (AvgIpc) is 2.61. The molecular formula is C25H41N3O5. The van der Waals surface area contributed by atoms with Crippen molar-refractivity contribution in [3.63, 3.8) is 0 Å². The number of nitrogens with zero attached hydrogens (tertiary/aromatic N) is 1. The molecule has 1 rings (SSSR count). The fourth-order valence-corrected chi connectivity index (χ4v) is 3.41. The molecule has 3 N–H and O–H groups in total. The molecule has 0 fully saturated rings. The molecule has 0 heterocycles. The largest absolute Gasteiger partial charge is 0.508 e. The van der Waals surface area contributed by atoms with Crippen LogP contribution >= 0.6 is 0 Å². The van der Waals surface area contributed by atoms with Gasteiger partial charge >= 0.3 is 6.09 Å². The lowest BCUT2D eigenvalue weighted by atomic mass is 9.98. The zero-order valence-corrected chi connectivity index (χ0v) is 21.5. The number of ether oxygens (including phenoxy) is 1. The van der Waals surface area contributed by atoms with Gasteiger partial charge in [0.1, 0.15) is 23.4 Å². The minimum atomic E-state index is -0.982. The predicted octanol–water partition coefficient (Wildman–Crippen LogP) is 4.14. The predicted molar refractivity (Wildman–Crippen MR) is 129 cm³/mol. The summed E-state index contributed by atoms with van der Waals surface area (Å²) < 4.78 is 5.35. The van der Waals surface area contributed by atoms with Crippen LogP contribution in [0, 0.1) is 5.92 Å². The molecule has 0 aliphatic carbocycles. The number of rotatable bonds is 8. The normalized spacial score (nSPS) is 13.8. The maximum Gasteiger partial charge on any atom is 0.408 e. The second-order valence-corrected chi connectivity index (χ2v) is 10.7. The third kappa shape index (κ3) is 9.72. The summed E-state index contributed by atoms with van der Waals surface area (Å²) >= 11 is 0. The van der Waals surface area contributed by atoms with E-state index in [2.05, 4.69) is 10.6 Å². The van der Waals surface area contributed by atoms with E-state index in [4.69, 9.17) is 4.74 Å². The first-order chi connectivity index (χ1) is 15.0. The summed E-state index contributed by atoms with van der Waals surface area (Å²) in [4.78, 5) is 40.9. The van der Waals surface area contributed by atoms with Gasteiger partial charge in [0, 0.05) is 12.1 Å². The number of alkyl carbamates (subject to hydrolysis) is 1. The fourth-order valence-electron chi connectivity index (χ4n) is 3.41. The number of carbonyl (C=O) groups is 3. The molecule has 0 aliphatic rings. The molecule has 0 saturated carbocycles. The Labute approximate surface area is 198 Å². The number of phenolic OH excluding ortho intramolecular Hbond substituents is 1. The molecule has 0 bridgehead atoms. The lowest BCUT2D eigenvalue weighted by Crippen LogP contribution is -2.54. The van der Waals surface area contributed by atoms with Crippen molar-refractivity contribution in [1.82, 2.24) is 15.5 Å². The van der Waals surface area contributed by atoms with Crippen LogP contribution in [0.5, 0.6) is 5.75 Å². The van der Waals surface area contributed by atoms with E-state index in [1.54, 1.807) is 39.8 Å². The summed E-state index contributed by atoms with van der Waals surface area (Å²) in [5.41, 5.74) is -0.760. The van der Waals surface area contributed by atoms with Gasteiger partial charge in [0.25, 0.3) is 0 Å². The van der Waals surface area contributed by atoms with E-state index in [9.17, 15) is 19.5 Å². The molecule has 1 aromatic carbocycles. The van der Waals surface area contributed by atoms with Crippen LogP contribution in [0.3, 0.4) is 0 Å². The van der Waals surface area contributed by atoms with Crippen molar-refractivity contribution >= 4 is 17.9 Å². The van der Waals surface area contributed by atoms with E-state index in [1.807, 2.05) is 34.6 Å². The quantitative estimate of drug-likeness (QED) is 0.537. The summed E-state index contributed by atoms with van der Waals surface area (Å²) in [7, 11) is 0. The maximum atomic E-state index is 13.7. The van der Waals surface area contributed by atoms with E-state index < -0.39 is 35.2 Å². The van der Waals surface area contributed by atoms with Crippen LogP contribution in [0.15, 0.2) is 24.3 Å². The molecule has 33 heavy (non-hydrogen) atoms. The highest BCUT2D eigenvalue weighted by Crippen LogP contribution is 2.27. The van der Waals surface area contributed by atoms with Gasteiger partial charge in [-0.1, -0.05) is 26.0 Å². The number of aromatic hydroxyl groups is 1. The number of amides is 3. The fraction of sp³-hybridized carbons (Fsp3) is 0.640. The van der Waals surface area contributed by atoms with Crippen molar-refractivity contribution in [3.05, 3.63) is 29.8 Å². The van der Waals surface area contributed by atoms with E-state index in [0.29, 0.717) is 12.0 Å². The van der Waals surface area contributed by atoms with Crippen LogP contribution in [0.25, 0.3) is 0 Å². The first kappa shape index (κ1) is 28.3. The zero-order chi connectivity index (χ0) is 25.6. The molecule has 0 saturated heterocycles. The van der Waals surface area contributed by atoms with Crippen molar-refractivity contribution in [2.75, 3.05) is 6.54 Å². The third-order valence-corrected chi connectivity index (χ3v) is 4.56. The van der Waals surface area contributed by atoms with Crippen LogP contribution in [0.4, 0.5) is 4.79 Å². The minimum Gasteiger partial charge on any atom is -0.508 e. The molecule has 8 heteroatoms. The van der Waals surface area contributed by atoms with Gasteiger partial charge in [-0.25, -0.2) is 4.79 Å². The molecular weight excluding hydrogens is 422 g/mol. The van der Waals surface area contributed by atoms with Crippen LogP contribution in [0.1, 0.15) is 80.3 Å². The maximum absolute atomic E-state index is 13.7. The van der Waals surface area contributed by atoms with Gasteiger partial charge in [0.2, 0.25) is 11.8 Å². The summed E-state index contributed by atoms with van der Waals surface area (Å²) in [5, 5.41) is 15.6. The number of hydrogen-bond donors (Lipinski definition) is 3. The SMILES string of the molecule is CCN(C(=O)C(CC(C)C)NC(=O)OC(C)(C)C)C(C(=O)NC(C)(C)C)c1cccc(O)c1. The van der Waals surface area contributed by atoms with Crippen molar-refractivity contribution < 1.29 is 24.2 Å². The minimum absolute atomic E-state index is 0.00447.